The summed E-state index contributed by atoms with van der Waals surface area (Å²) < 4.78 is 19.4. The van der Waals surface area contributed by atoms with Crippen molar-refractivity contribution in [2.24, 2.45) is 0 Å². The number of hydrogen-bond donors (Lipinski definition) is 0. The van der Waals surface area contributed by atoms with Crippen molar-refractivity contribution in [3.05, 3.63) is 57.2 Å². The minimum absolute atomic E-state index is 0.180. The minimum Gasteiger partial charge on any atom is -0.493 e. The Morgan fingerprint density at radius 1 is 0.397 bits per heavy atom. The van der Waals surface area contributed by atoms with Gasteiger partial charge in [-0.3, -0.25) is 0 Å². The van der Waals surface area contributed by atoms with E-state index in [1.54, 1.807) is 0 Å². The summed E-state index contributed by atoms with van der Waals surface area (Å²) in [5, 5.41) is 0. The van der Waals surface area contributed by atoms with Crippen LogP contribution in [0.3, 0.4) is 0 Å². The topological polar surface area (TPSA) is 44.8 Å². The Kier molecular flexibility index (Phi) is 40.2. The normalized spacial score (nSPS) is 11.3. The van der Waals surface area contributed by atoms with Crippen molar-refractivity contribution in [2.45, 2.75) is 277 Å². The van der Waals surface area contributed by atoms with Gasteiger partial charge in [0, 0.05) is 15.2 Å². The Bertz CT molecular complexity index is 1280. The van der Waals surface area contributed by atoms with E-state index in [2.05, 4.69) is 36.4 Å². The number of carbonyl (C=O) groups excluding carboxylic acids is 1. The number of ether oxygens (including phenoxy) is 3. The number of hydrogen-bond acceptors (Lipinski definition) is 4. The Morgan fingerprint density at radius 2 is 0.714 bits per heavy atom. The lowest BCUT2D eigenvalue weighted by atomic mass is 10.0. The molecule has 2 aromatic carbocycles. The zero-order valence-electron chi connectivity index (χ0n) is 41.5. The largest absolute Gasteiger partial charge is 0.493 e. The summed E-state index contributed by atoms with van der Waals surface area (Å²) in [5.74, 6) is 1.29. The molecule has 0 aliphatic carbocycles. The van der Waals surface area contributed by atoms with Crippen LogP contribution in [-0.2, 0) is 11.3 Å². The van der Waals surface area contributed by atoms with Crippen LogP contribution in [0.4, 0.5) is 0 Å². The van der Waals surface area contributed by atoms with Crippen LogP contribution < -0.4 is 9.47 Å². The predicted molar refractivity (Wildman–Crippen MR) is 282 cm³/mol. The van der Waals surface area contributed by atoms with Gasteiger partial charge in [-0.2, -0.15) is 0 Å². The fourth-order valence-corrected chi connectivity index (χ4v) is 9.14. The second-order valence-corrected chi connectivity index (χ2v) is 20.2. The average molecular weight is 987 g/mol. The van der Waals surface area contributed by atoms with Crippen LogP contribution in [0.25, 0.3) is 0 Å². The van der Waals surface area contributed by atoms with E-state index >= 15 is 0 Å². The molecule has 0 fully saturated rings. The van der Waals surface area contributed by atoms with Gasteiger partial charge in [-0.05, 0) is 71.8 Å². The molecule has 0 N–H and O–H groups in total. The molecular weight excluding hydrogens is 888 g/mol. The predicted octanol–water partition coefficient (Wildman–Crippen LogP) is 20.0. The maximum Gasteiger partial charge on any atom is 0.338 e. The Labute approximate surface area is 404 Å². The first-order valence-electron chi connectivity index (χ1n) is 27.4. The summed E-state index contributed by atoms with van der Waals surface area (Å²) in [6.45, 7) is 6.17. The molecule has 0 aliphatic heterocycles. The van der Waals surface area contributed by atoms with Gasteiger partial charge >= 0.3 is 5.97 Å². The van der Waals surface area contributed by atoms with E-state index in [4.69, 9.17) is 14.2 Å². The van der Waals surface area contributed by atoms with Crippen LogP contribution in [0.2, 0.25) is 0 Å². The van der Waals surface area contributed by atoms with Crippen molar-refractivity contribution >= 4 is 28.6 Å². The Balaban J connectivity index is 1.54. The zero-order valence-corrected chi connectivity index (χ0v) is 43.6. The van der Waals surface area contributed by atoms with Gasteiger partial charge in [-0.15, -0.1) is 0 Å². The molecule has 63 heavy (non-hydrogen) atoms. The van der Waals surface area contributed by atoms with E-state index in [1.165, 1.54) is 244 Å². The van der Waals surface area contributed by atoms with Crippen molar-refractivity contribution in [2.75, 3.05) is 13.2 Å². The lowest BCUT2D eigenvalue weighted by Gasteiger charge is -2.15. The van der Waals surface area contributed by atoms with Crippen LogP contribution >= 0.6 is 22.6 Å². The number of benzene rings is 2. The summed E-state index contributed by atoms with van der Waals surface area (Å²) in [4.78, 5) is 12.8. The van der Waals surface area contributed by atoms with Crippen LogP contribution in [0.5, 0.6) is 11.5 Å². The van der Waals surface area contributed by atoms with Gasteiger partial charge in [-0.25, -0.2) is 4.79 Å². The molecule has 0 saturated heterocycles. The molecule has 0 aromatic heterocycles. The lowest BCUT2D eigenvalue weighted by molar-refractivity contribution is 0.0469. The first-order chi connectivity index (χ1) is 31.1. The van der Waals surface area contributed by atoms with Gasteiger partial charge in [0.1, 0.15) is 18.1 Å². The van der Waals surface area contributed by atoms with Crippen molar-refractivity contribution in [1.82, 2.24) is 0 Å². The molecular formula is C58H99IO4. The molecule has 2 rings (SSSR count). The average Bonchev–Trinajstić information content (AvgIpc) is 3.29. The number of rotatable bonds is 47. The molecule has 0 spiro atoms. The van der Waals surface area contributed by atoms with Crippen molar-refractivity contribution < 1.29 is 19.0 Å². The van der Waals surface area contributed by atoms with Gasteiger partial charge in [-0.1, -0.05) is 258 Å². The number of esters is 1. The Hall–Kier alpha value is -1.76. The molecule has 2 aromatic rings. The smallest absolute Gasteiger partial charge is 0.338 e. The maximum absolute atomic E-state index is 12.8. The SMILES string of the molecule is CCCCCCCCCCCCCCCCCCCCCCOc1ccc(COC(=O)c2ccc(I)cc2)c(OCCCCCCCCCCCCCCCCCCCCCC)c1. The molecule has 0 bridgehead atoms. The Morgan fingerprint density at radius 3 is 1.06 bits per heavy atom. The van der Waals surface area contributed by atoms with Gasteiger partial charge in [0.05, 0.1) is 18.8 Å². The first-order valence-corrected chi connectivity index (χ1v) is 28.5. The molecule has 0 saturated carbocycles. The van der Waals surface area contributed by atoms with Crippen molar-refractivity contribution in [3.8, 4) is 11.5 Å². The summed E-state index contributed by atoms with van der Waals surface area (Å²) in [7, 11) is 0. The van der Waals surface area contributed by atoms with E-state index in [1.807, 2.05) is 42.5 Å². The molecule has 0 atom stereocenters. The highest BCUT2D eigenvalue weighted by atomic mass is 127. The van der Waals surface area contributed by atoms with Crippen LogP contribution in [-0.4, -0.2) is 19.2 Å². The number of halogens is 1. The molecule has 0 aliphatic rings. The highest BCUT2D eigenvalue weighted by Gasteiger charge is 2.12. The van der Waals surface area contributed by atoms with Gasteiger partial charge in [0.2, 0.25) is 0 Å². The third kappa shape index (κ3) is 35.2. The highest BCUT2D eigenvalue weighted by Crippen LogP contribution is 2.27. The van der Waals surface area contributed by atoms with Crippen LogP contribution in [0.1, 0.15) is 287 Å². The van der Waals surface area contributed by atoms with Crippen molar-refractivity contribution in [3.63, 3.8) is 0 Å². The van der Waals surface area contributed by atoms with E-state index in [9.17, 15) is 4.79 Å². The zero-order chi connectivity index (χ0) is 44.9. The monoisotopic (exact) mass is 987 g/mol. The van der Waals surface area contributed by atoms with E-state index in [0.717, 1.165) is 40.1 Å². The standard InChI is InChI=1S/C58H99IO4/c1-3-5-7-9-11-13-15-17-19-21-23-25-27-29-31-33-35-37-39-41-49-61-56-48-45-54(52-63-58(60)53-43-46-55(59)47-44-53)57(51-56)62-50-42-40-38-36-34-32-30-28-26-24-22-20-18-16-14-12-10-8-6-4-2/h43-48,51H,3-42,49-50,52H2,1-2H3. The maximum atomic E-state index is 12.8. The van der Waals surface area contributed by atoms with Gasteiger partial charge in [0.15, 0.2) is 0 Å². The molecule has 5 heteroatoms. The van der Waals surface area contributed by atoms with Crippen LogP contribution in [0, 0.1) is 3.57 Å². The summed E-state index contributed by atoms with van der Waals surface area (Å²) in [5.41, 5.74) is 1.45. The summed E-state index contributed by atoms with van der Waals surface area (Å²) in [6.07, 6.45) is 55.3. The molecule has 4 nitrogen and oxygen atoms in total. The molecule has 0 heterocycles. The third-order valence-electron chi connectivity index (χ3n) is 13.0. The summed E-state index contributed by atoms with van der Waals surface area (Å²) in [6, 6.07) is 13.5. The third-order valence-corrected chi connectivity index (χ3v) is 13.7. The van der Waals surface area contributed by atoms with E-state index < -0.39 is 0 Å². The molecule has 0 amide bonds. The van der Waals surface area contributed by atoms with Gasteiger partial charge < -0.3 is 14.2 Å². The molecule has 0 radical (unpaired) electrons. The fraction of sp³-hybridized carbons (Fsp3) is 0.776. The molecule has 0 unspecified atom stereocenters. The molecule has 362 valence electrons. The van der Waals surface area contributed by atoms with E-state index in [0.29, 0.717) is 12.2 Å². The summed E-state index contributed by atoms with van der Waals surface area (Å²) >= 11 is 2.25. The van der Waals surface area contributed by atoms with Crippen LogP contribution in [0.15, 0.2) is 42.5 Å². The number of unbranched alkanes of at least 4 members (excludes halogenated alkanes) is 38. The second-order valence-electron chi connectivity index (χ2n) is 19.0. The number of carbonyl (C=O) groups is 1. The van der Waals surface area contributed by atoms with Crippen molar-refractivity contribution in [1.29, 1.82) is 0 Å². The quantitative estimate of drug-likeness (QED) is 0.0377. The second kappa shape index (κ2) is 44.1. The minimum atomic E-state index is -0.314. The first kappa shape index (κ1) is 57.4. The van der Waals surface area contributed by atoms with Gasteiger partial charge in [0.25, 0.3) is 0 Å². The van der Waals surface area contributed by atoms with E-state index in [-0.39, 0.29) is 12.6 Å². The fourth-order valence-electron chi connectivity index (χ4n) is 8.78. The highest BCUT2D eigenvalue weighted by molar-refractivity contribution is 14.1. The lowest BCUT2D eigenvalue weighted by Crippen LogP contribution is -2.07.